The molecule has 0 fully saturated rings. The SMILES string of the molecule is NC(=S)c1ccccc1NS(=O)(=O)CCc1ccccn1. The quantitative estimate of drug-likeness (QED) is 0.791. The molecule has 0 aliphatic rings. The van der Waals surface area contributed by atoms with Crippen molar-refractivity contribution in [2.24, 2.45) is 5.73 Å². The highest BCUT2D eigenvalue weighted by Crippen LogP contribution is 2.16. The summed E-state index contributed by atoms with van der Waals surface area (Å²) in [4.78, 5) is 4.25. The summed E-state index contributed by atoms with van der Waals surface area (Å²) in [6.45, 7) is 0. The van der Waals surface area contributed by atoms with E-state index in [1.165, 1.54) is 0 Å². The summed E-state index contributed by atoms with van der Waals surface area (Å²) >= 11 is 4.91. The van der Waals surface area contributed by atoms with Crippen molar-refractivity contribution in [1.82, 2.24) is 4.98 Å². The summed E-state index contributed by atoms with van der Waals surface area (Å²) in [6.07, 6.45) is 1.98. The fraction of sp³-hybridized carbons (Fsp3) is 0.143. The first-order valence-corrected chi connectivity index (χ1v) is 8.33. The summed E-state index contributed by atoms with van der Waals surface area (Å²) in [6, 6.07) is 12.2. The number of hydrogen-bond acceptors (Lipinski definition) is 4. The Morgan fingerprint density at radius 2 is 1.90 bits per heavy atom. The molecule has 21 heavy (non-hydrogen) atoms. The third-order valence-electron chi connectivity index (χ3n) is 2.81. The van der Waals surface area contributed by atoms with Crippen LogP contribution < -0.4 is 10.5 Å². The number of thiocarbonyl (C=S) groups is 1. The van der Waals surface area contributed by atoms with Gasteiger partial charge in [0.2, 0.25) is 10.0 Å². The van der Waals surface area contributed by atoms with Crippen molar-refractivity contribution in [3.63, 3.8) is 0 Å². The third kappa shape index (κ3) is 4.51. The first-order chi connectivity index (χ1) is 9.98. The fourth-order valence-corrected chi connectivity index (χ4v) is 3.06. The van der Waals surface area contributed by atoms with E-state index >= 15 is 0 Å². The molecular formula is C14H15N3O2S2. The van der Waals surface area contributed by atoms with Crippen LogP contribution in [0.5, 0.6) is 0 Å². The molecule has 3 N–H and O–H groups in total. The van der Waals surface area contributed by atoms with E-state index in [2.05, 4.69) is 9.71 Å². The van der Waals surface area contributed by atoms with E-state index in [1.54, 1.807) is 42.6 Å². The number of nitrogens with zero attached hydrogens (tertiary/aromatic N) is 1. The predicted molar refractivity (Wildman–Crippen MR) is 87.7 cm³/mol. The van der Waals surface area contributed by atoms with Gasteiger partial charge < -0.3 is 5.73 Å². The lowest BCUT2D eigenvalue weighted by Crippen LogP contribution is -2.21. The molecule has 0 unspecified atom stereocenters. The lowest BCUT2D eigenvalue weighted by Gasteiger charge is -2.11. The Morgan fingerprint density at radius 3 is 2.57 bits per heavy atom. The molecule has 0 radical (unpaired) electrons. The highest BCUT2D eigenvalue weighted by molar-refractivity contribution is 7.92. The topological polar surface area (TPSA) is 85.1 Å². The summed E-state index contributed by atoms with van der Waals surface area (Å²) in [7, 11) is -3.49. The van der Waals surface area contributed by atoms with Crippen molar-refractivity contribution in [1.29, 1.82) is 0 Å². The van der Waals surface area contributed by atoms with Crippen LogP contribution in [0.1, 0.15) is 11.3 Å². The second-order valence-electron chi connectivity index (χ2n) is 4.40. The maximum atomic E-state index is 12.1. The minimum atomic E-state index is -3.49. The molecule has 110 valence electrons. The number of aromatic nitrogens is 1. The number of rotatable bonds is 6. The Labute approximate surface area is 129 Å². The first kappa shape index (κ1) is 15.4. The Kier molecular flexibility index (Phi) is 4.87. The molecule has 0 spiro atoms. The highest BCUT2D eigenvalue weighted by Gasteiger charge is 2.14. The van der Waals surface area contributed by atoms with E-state index in [0.29, 0.717) is 17.7 Å². The number of hydrogen-bond donors (Lipinski definition) is 2. The van der Waals surface area contributed by atoms with Crippen LogP contribution >= 0.6 is 12.2 Å². The number of pyridine rings is 1. The maximum absolute atomic E-state index is 12.1. The van der Waals surface area contributed by atoms with Gasteiger partial charge in [0, 0.05) is 23.9 Å². The molecule has 7 heteroatoms. The zero-order valence-electron chi connectivity index (χ0n) is 11.2. The molecule has 0 atom stereocenters. The third-order valence-corrected chi connectivity index (χ3v) is 4.30. The minimum absolute atomic E-state index is 0.0598. The second-order valence-corrected chi connectivity index (χ2v) is 6.68. The molecule has 1 aromatic carbocycles. The predicted octanol–water partition coefficient (Wildman–Crippen LogP) is 1.70. The van der Waals surface area contributed by atoms with Crippen LogP contribution in [0.3, 0.4) is 0 Å². The molecule has 0 saturated heterocycles. The summed E-state index contributed by atoms with van der Waals surface area (Å²) in [5.74, 6) is -0.0598. The molecule has 5 nitrogen and oxygen atoms in total. The van der Waals surface area contributed by atoms with Gasteiger partial charge >= 0.3 is 0 Å². The Morgan fingerprint density at radius 1 is 1.19 bits per heavy atom. The zero-order chi connectivity index (χ0) is 15.3. The summed E-state index contributed by atoms with van der Waals surface area (Å²) < 4.78 is 26.8. The van der Waals surface area contributed by atoms with Crippen LogP contribution in [0, 0.1) is 0 Å². The molecule has 0 amide bonds. The van der Waals surface area contributed by atoms with Crippen LogP contribution in [-0.4, -0.2) is 24.1 Å². The van der Waals surface area contributed by atoms with E-state index < -0.39 is 10.0 Å². The molecule has 2 aromatic rings. The average Bonchev–Trinajstić information content (AvgIpc) is 2.46. The van der Waals surface area contributed by atoms with Crippen LogP contribution in [0.25, 0.3) is 0 Å². The van der Waals surface area contributed by atoms with Crippen LogP contribution in [0.4, 0.5) is 5.69 Å². The van der Waals surface area contributed by atoms with Gasteiger partial charge in [-0.05, 0) is 24.3 Å². The van der Waals surface area contributed by atoms with Gasteiger partial charge in [-0.2, -0.15) is 0 Å². The Balaban J connectivity index is 2.10. The lowest BCUT2D eigenvalue weighted by atomic mass is 10.2. The molecule has 1 heterocycles. The number of para-hydroxylation sites is 1. The molecule has 2 rings (SSSR count). The normalized spacial score (nSPS) is 11.0. The molecule has 0 aliphatic heterocycles. The molecule has 0 saturated carbocycles. The largest absolute Gasteiger partial charge is 0.389 e. The monoisotopic (exact) mass is 321 g/mol. The van der Waals surface area contributed by atoms with E-state index in [4.69, 9.17) is 18.0 Å². The number of anilines is 1. The zero-order valence-corrected chi connectivity index (χ0v) is 12.8. The number of aryl methyl sites for hydroxylation is 1. The van der Waals surface area contributed by atoms with Gasteiger partial charge in [-0.3, -0.25) is 9.71 Å². The molecule has 0 aliphatic carbocycles. The molecular weight excluding hydrogens is 306 g/mol. The molecule has 1 aromatic heterocycles. The van der Waals surface area contributed by atoms with Crippen LogP contribution in [0.2, 0.25) is 0 Å². The van der Waals surface area contributed by atoms with Gasteiger partial charge in [-0.25, -0.2) is 8.42 Å². The summed E-state index contributed by atoms with van der Waals surface area (Å²) in [5.41, 5.74) is 7.22. The van der Waals surface area contributed by atoms with Gasteiger partial charge in [0.1, 0.15) is 4.99 Å². The van der Waals surface area contributed by atoms with Crippen LogP contribution in [0.15, 0.2) is 48.7 Å². The number of sulfonamides is 1. The van der Waals surface area contributed by atoms with Crippen molar-refractivity contribution in [2.45, 2.75) is 6.42 Å². The van der Waals surface area contributed by atoms with Gasteiger partial charge in [0.25, 0.3) is 0 Å². The highest BCUT2D eigenvalue weighted by atomic mass is 32.2. The van der Waals surface area contributed by atoms with Gasteiger partial charge in [0.15, 0.2) is 0 Å². The minimum Gasteiger partial charge on any atom is -0.389 e. The van der Waals surface area contributed by atoms with Crippen molar-refractivity contribution < 1.29 is 8.42 Å². The smallest absolute Gasteiger partial charge is 0.233 e. The summed E-state index contributed by atoms with van der Waals surface area (Å²) in [5, 5.41) is 0. The van der Waals surface area contributed by atoms with E-state index in [1.807, 2.05) is 6.07 Å². The maximum Gasteiger partial charge on any atom is 0.233 e. The van der Waals surface area contributed by atoms with Gasteiger partial charge in [-0.1, -0.05) is 30.4 Å². The second kappa shape index (κ2) is 6.64. The van der Waals surface area contributed by atoms with Crippen molar-refractivity contribution >= 4 is 32.9 Å². The van der Waals surface area contributed by atoms with E-state index in [0.717, 1.165) is 5.69 Å². The van der Waals surface area contributed by atoms with Crippen LogP contribution in [-0.2, 0) is 16.4 Å². The number of nitrogens with one attached hydrogen (secondary N) is 1. The van der Waals surface area contributed by atoms with E-state index in [-0.39, 0.29) is 10.7 Å². The number of benzene rings is 1. The fourth-order valence-electron chi connectivity index (χ4n) is 1.79. The van der Waals surface area contributed by atoms with Gasteiger partial charge in [0.05, 0.1) is 11.4 Å². The first-order valence-electron chi connectivity index (χ1n) is 6.27. The average molecular weight is 321 g/mol. The standard InChI is InChI=1S/C14H15N3O2S2/c15-14(20)12-6-1-2-7-13(12)17-21(18,19)10-8-11-5-3-4-9-16-11/h1-7,9,17H,8,10H2,(H2,15,20). The van der Waals surface area contributed by atoms with Crippen molar-refractivity contribution in [3.8, 4) is 0 Å². The number of nitrogens with two attached hydrogens (primary N) is 1. The van der Waals surface area contributed by atoms with Crippen molar-refractivity contribution in [3.05, 3.63) is 59.9 Å². The Bertz CT molecular complexity index is 731. The Hall–Kier alpha value is -1.99. The molecule has 0 bridgehead atoms. The van der Waals surface area contributed by atoms with Gasteiger partial charge in [-0.15, -0.1) is 0 Å². The van der Waals surface area contributed by atoms with Crippen molar-refractivity contribution in [2.75, 3.05) is 10.5 Å². The van der Waals surface area contributed by atoms with E-state index in [9.17, 15) is 8.42 Å². The lowest BCUT2D eigenvalue weighted by molar-refractivity contribution is 0.600.